The molecule has 0 amide bonds. The number of nitrogens with zero attached hydrogens (tertiary/aromatic N) is 3. The first-order chi connectivity index (χ1) is 11.3. The number of benzene rings is 1. The first-order valence-corrected chi connectivity index (χ1v) is 8.72. The molecule has 118 valence electrons. The van der Waals surface area contributed by atoms with E-state index in [1.165, 1.54) is 0 Å². The molecule has 3 aromatic rings. The molecular weight excluding hydrogens is 308 g/mol. The summed E-state index contributed by atoms with van der Waals surface area (Å²) >= 11 is 1.62. The van der Waals surface area contributed by atoms with E-state index in [4.69, 9.17) is 4.74 Å². The Morgan fingerprint density at radius 2 is 2.09 bits per heavy atom. The standard InChI is InChI=1S/C17H18N4OS/c1-11-20-10-12-8-14(17-19-6-7-23-17)16(9-15(12)21-11)22-13-2-4-18-5-3-13/h6-10,13,18H,2-5H2,1H3. The summed E-state index contributed by atoms with van der Waals surface area (Å²) in [6, 6.07) is 4.12. The van der Waals surface area contributed by atoms with E-state index in [1.54, 1.807) is 11.3 Å². The van der Waals surface area contributed by atoms with Crippen molar-refractivity contribution in [3.63, 3.8) is 0 Å². The molecule has 4 rings (SSSR count). The Morgan fingerprint density at radius 3 is 2.87 bits per heavy atom. The third-order valence-electron chi connectivity index (χ3n) is 4.04. The summed E-state index contributed by atoms with van der Waals surface area (Å²) in [7, 11) is 0. The topological polar surface area (TPSA) is 59.9 Å². The number of aromatic nitrogens is 3. The van der Waals surface area contributed by atoms with Crippen LogP contribution in [0.3, 0.4) is 0 Å². The molecule has 0 saturated carbocycles. The van der Waals surface area contributed by atoms with E-state index in [1.807, 2.05) is 30.8 Å². The van der Waals surface area contributed by atoms with Gasteiger partial charge in [-0.2, -0.15) is 0 Å². The molecule has 1 N–H and O–H groups in total. The highest BCUT2D eigenvalue weighted by Gasteiger charge is 2.18. The fraction of sp³-hybridized carbons (Fsp3) is 0.353. The quantitative estimate of drug-likeness (QED) is 0.801. The van der Waals surface area contributed by atoms with Gasteiger partial charge in [0, 0.05) is 29.2 Å². The first kappa shape index (κ1) is 14.5. The van der Waals surface area contributed by atoms with Gasteiger partial charge in [0.15, 0.2) is 0 Å². The summed E-state index contributed by atoms with van der Waals surface area (Å²) in [6.45, 7) is 3.92. The molecule has 1 aliphatic rings. The number of nitrogens with one attached hydrogen (secondary N) is 1. The average molecular weight is 326 g/mol. The summed E-state index contributed by atoms with van der Waals surface area (Å²) in [6.07, 6.45) is 5.99. The van der Waals surface area contributed by atoms with Gasteiger partial charge in [-0.3, -0.25) is 0 Å². The second-order valence-corrected chi connectivity index (χ2v) is 6.62. The van der Waals surface area contributed by atoms with E-state index < -0.39 is 0 Å². The van der Waals surface area contributed by atoms with Crippen LogP contribution in [0.1, 0.15) is 18.7 Å². The first-order valence-electron chi connectivity index (χ1n) is 7.84. The maximum atomic E-state index is 6.32. The molecule has 1 aromatic carbocycles. The molecule has 6 heteroatoms. The molecule has 0 atom stereocenters. The van der Waals surface area contributed by atoms with Gasteiger partial charge in [0.2, 0.25) is 0 Å². The van der Waals surface area contributed by atoms with Crippen LogP contribution in [0.25, 0.3) is 21.5 Å². The predicted molar refractivity (Wildman–Crippen MR) is 91.9 cm³/mol. The second-order valence-electron chi connectivity index (χ2n) is 5.73. The van der Waals surface area contributed by atoms with Gasteiger partial charge in [-0.15, -0.1) is 11.3 Å². The Morgan fingerprint density at radius 1 is 1.22 bits per heavy atom. The number of ether oxygens (including phenoxy) is 1. The Kier molecular flexibility index (Phi) is 3.93. The minimum Gasteiger partial charge on any atom is -0.490 e. The Hall–Kier alpha value is -2.05. The SMILES string of the molecule is Cc1ncc2cc(-c3nccs3)c(OC3CCNCC3)cc2n1. The molecule has 0 spiro atoms. The van der Waals surface area contributed by atoms with Crippen LogP contribution in [-0.4, -0.2) is 34.1 Å². The van der Waals surface area contributed by atoms with Crippen LogP contribution >= 0.6 is 11.3 Å². The van der Waals surface area contributed by atoms with E-state index in [0.29, 0.717) is 0 Å². The maximum absolute atomic E-state index is 6.32. The highest BCUT2D eigenvalue weighted by molar-refractivity contribution is 7.13. The van der Waals surface area contributed by atoms with Crippen molar-refractivity contribution in [1.82, 2.24) is 20.3 Å². The summed E-state index contributed by atoms with van der Waals surface area (Å²) in [4.78, 5) is 13.3. The molecular formula is C17H18N4OS. The Balaban J connectivity index is 1.79. The minimum atomic E-state index is 0.246. The lowest BCUT2D eigenvalue weighted by atomic mass is 10.1. The van der Waals surface area contributed by atoms with E-state index in [9.17, 15) is 0 Å². The lowest BCUT2D eigenvalue weighted by molar-refractivity contribution is 0.163. The largest absolute Gasteiger partial charge is 0.490 e. The number of hydrogen-bond donors (Lipinski definition) is 1. The zero-order valence-corrected chi connectivity index (χ0v) is 13.8. The highest BCUT2D eigenvalue weighted by Crippen LogP contribution is 2.36. The third-order valence-corrected chi connectivity index (χ3v) is 4.85. The van der Waals surface area contributed by atoms with Gasteiger partial charge in [-0.05, 0) is 38.9 Å². The van der Waals surface area contributed by atoms with Crippen LogP contribution in [0.2, 0.25) is 0 Å². The molecule has 0 bridgehead atoms. The predicted octanol–water partition coefficient (Wildman–Crippen LogP) is 3.19. The van der Waals surface area contributed by atoms with E-state index in [2.05, 4.69) is 26.3 Å². The number of fused-ring (bicyclic) bond motifs is 1. The van der Waals surface area contributed by atoms with Gasteiger partial charge < -0.3 is 10.1 Å². The maximum Gasteiger partial charge on any atom is 0.132 e. The van der Waals surface area contributed by atoms with Crippen molar-refractivity contribution < 1.29 is 4.74 Å². The molecule has 5 nitrogen and oxygen atoms in total. The monoisotopic (exact) mass is 326 g/mol. The van der Waals surface area contributed by atoms with Crippen LogP contribution in [0.4, 0.5) is 0 Å². The number of rotatable bonds is 3. The van der Waals surface area contributed by atoms with Gasteiger partial charge in [-0.25, -0.2) is 15.0 Å². The molecule has 0 unspecified atom stereocenters. The molecule has 3 heterocycles. The van der Waals surface area contributed by atoms with Crippen LogP contribution < -0.4 is 10.1 Å². The lowest BCUT2D eigenvalue weighted by Gasteiger charge is -2.25. The minimum absolute atomic E-state index is 0.246. The van der Waals surface area contributed by atoms with Gasteiger partial charge in [-0.1, -0.05) is 0 Å². The fourth-order valence-corrected chi connectivity index (χ4v) is 3.52. The molecule has 1 saturated heterocycles. The van der Waals surface area contributed by atoms with Crippen molar-refractivity contribution in [3.05, 3.63) is 35.7 Å². The second kappa shape index (κ2) is 6.22. The average Bonchev–Trinajstić information content (AvgIpc) is 3.09. The molecule has 1 aliphatic heterocycles. The van der Waals surface area contributed by atoms with Crippen molar-refractivity contribution in [2.24, 2.45) is 0 Å². The number of thiazole rings is 1. The van der Waals surface area contributed by atoms with Crippen molar-refractivity contribution in [1.29, 1.82) is 0 Å². The van der Waals surface area contributed by atoms with Crippen molar-refractivity contribution >= 4 is 22.2 Å². The van der Waals surface area contributed by atoms with Crippen molar-refractivity contribution in [2.75, 3.05) is 13.1 Å². The lowest BCUT2D eigenvalue weighted by Crippen LogP contribution is -2.34. The van der Waals surface area contributed by atoms with Crippen molar-refractivity contribution in [3.8, 4) is 16.3 Å². The van der Waals surface area contributed by atoms with Gasteiger partial charge >= 0.3 is 0 Å². The van der Waals surface area contributed by atoms with E-state index in [-0.39, 0.29) is 6.10 Å². The Bertz CT molecular complexity index is 813. The van der Waals surface area contributed by atoms with Crippen LogP contribution in [0.15, 0.2) is 29.9 Å². The summed E-state index contributed by atoms with van der Waals surface area (Å²) in [5.41, 5.74) is 1.94. The third kappa shape index (κ3) is 3.04. The number of piperidine rings is 1. The smallest absolute Gasteiger partial charge is 0.132 e. The normalized spacial score (nSPS) is 15.9. The van der Waals surface area contributed by atoms with Crippen LogP contribution in [0.5, 0.6) is 5.75 Å². The van der Waals surface area contributed by atoms with Crippen LogP contribution in [0, 0.1) is 6.92 Å². The summed E-state index contributed by atoms with van der Waals surface area (Å²) in [5, 5.41) is 7.34. The Labute approximate surface area is 138 Å². The zero-order chi connectivity index (χ0) is 15.6. The highest BCUT2D eigenvalue weighted by atomic mass is 32.1. The number of aryl methyl sites for hydroxylation is 1. The van der Waals surface area contributed by atoms with Crippen molar-refractivity contribution in [2.45, 2.75) is 25.9 Å². The molecule has 1 fully saturated rings. The summed E-state index contributed by atoms with van der Waals surface area (Å²) in [5.74, 6) is 1.64. The zero-order valence-electron chi connectivity index (χ0n) is 13.0. The molecule has 0 aliphatic carbocycles. The molecule has 0 radical (unpaired) electrons. The molecule has 2 aromatic heterocycles. The van der Waals surface area contributed by atoms with Crippen LogP contribution in [-0.2, 0) is 0 Å². The van der Waals surface area contributed by atoms with Gasteiger partial charge in [0.25, 0.3) is 0 Å². The van der Waals surface area contributed by atoms with Gasteiger partial charge in [0.1, 0.15) is 22.7 Å². The molecule has 23 heavy (non-hydrogen) atoms. The van der Waals surface area contributed by atoms with E-state index >= 15 is 0 Å². The van der Waals surface area contributed by atoms with Gasteiger partial charge in [0.05, 0.1) is 11.1 Å². The summed E-state index contributed by atoms with van der Waals surface area (Å²) < 4.78 is 6.32. The fourth-order valence-electron chi connectivity index (χ4n) is 2.87. The number of hydrogen-bond acceptors (Lipinski definition) is 6. The van der Waals surface area contributed by atoms with E-state index in [0.717, 1.165) is 59.0 Å².